The number of aryl methyl sites for hydroxylation is 1. The number of carbonyl (C=O) groups excluding carboxylic acids is 1. The Labute approximate surface area is 309 Å². The molecule has 51 heavy (non-hydrogen) atoms. The van der Waals surface area contributed by atoms with E-state index < -0.39 is 26.9 Å². The molecule has 2 aromatic rings. The fraction of sp³-hybridized carbons (Fsp3) is 0.625. The second-order valence-electron chi connectivity index (χ2n) is 15.5. The van der Waals surface area contributed by atoms with Crippen molar-refractivity contribution in [3.8, 4) is 5.75 Å². The number of sulfonamides is 1. The van der Waals surface area contributed by atoms with Crippen LogP contribution < -0.4 is 14.4 Å². The van der Waals surface area contributed by atoms with Gasteiger partial charge in [0.15, 0.2) is 0 Å². The number of ether oxygens (including phenoxy) is 3. The molecule has 278 valence electrons. The molecule has 2 aromatic carbocycles. The van der Waals surface area contributed by atoms with Crippen molar-refractivity contribution in [3.63, 3.8) is 0 Å². The maximum atomic E-state index is 13.6. The summed E-state index contributed by atoms with van der Waals surface area (Å²) in [5, 5.41) is -0.0628. The number of anilines is 1. The van der Waals surface area contributed by atoms with E-state index >= 15 is 0 Å². The summed E-state index contributed by atoms with van der Waals surface area (Å²) in [6.45, 7) is 10.8. The van der Waals surface area contributed by atoms with Crippen LogP contribution in [0.4, 0.5) is 5.69 Å². The first-order valence-electron chi connectivity index (χ1n) is 19.1. The first kappa shape index (κ1) is 36.7. The summed E-state index contributed by atoms with van der Waals surface area (Å²) in [4.78, 5) is 18.5. The van der Waals surface area contributed by atoms with Crippen LogP contribution in [0.25, 0.3) is 0 Å². The Morgan fingerprint density at radius 1 is 1.02 bits per heavy atom. The Morgan fingerprint density at radius 2 is 1.82 bits per heavy atom. The van der Waals surface area contributed by atoms with Gasteiger partial charge in [0.1, 0.15) is 18.1 Å². The van der Waals surface area contributed by atoms with Crippen LogP contribution in [0.15, 0.2) is 48.6 Å². The topological polar surface area (TPSA) is 97.4 Å². The Hall–Kier alpha value is -2.63. The van der Waals surface area contributed by atoms with Crippen LogP contribution in [0.3, 0.4) is 0 Å². The van der Waals surface area contributed by atoms with Gasteiger partial charge in [-0.1, -0.05) is 30.7 Å². The molecule has 1 amide bonds. The quantitative estimate of drug-likeness (QED) is 0.333. The predicted molar refractivity (Wildman–Crippen MR) is 201 cm³/mol. The van der Waals surface area contributed by atoms with Gasteiger partial charge in [-0.05, 0) is 131 Å². The lowest BCUT2D eigenvalue weighted by Crippen LogP contribution is -2.64. The summed E-state index contributed by atoms with van der Waals surface area (Å²) < 4.78 is 49.2. The van der Waals surface area contributed by atoms with Crippen molar-refractivity contribution < 1.29 is 27.4 Å². The number of hydrogen-bond acceptors (Lipinski definition) is 8. The zero-order chi connectivity index (χ0) is 35.8. The van der Waals surface area contributed by atoms with E-state index in [1.165, 1.54) is 5.56 Å². The maximum Gasteiger partial charge on any atom is 0.264 e. The highest BCUT2D eigenvalue weighted by molar-refractivity contribution is 7.90. The average Bonchev–Trinajstić information content (AvgIpc) is 3.11. The summed E-state index contributed by atoms with van der Waals surface area (Å²) in [6, 6.07) is 11.3. The average molecular weight is 740 g/mol. The second-order valence-corrected chi connectivity index (χ2v) is 18.0. The standard InChI is InChI=1S/C40H54ClN3O6S/c1-4-49-40(44-21-17-39(18-22-44)19-23-50-39)16-7-8-28(2)29(3)51(46,47)42-38(45)31-12-15-37-36(25-31)43(26-32-11-14-35(32)40)20-6-5-9-30-24-34(41)13-10-33(30)27-48-37/h7,10,12-13,15-16,24-25,28-29,32,35H,4-6,8-9,11,14,17-23,26-27H2,1-3H3,(H,42,45)/b16-7+/t28-,29+,32-,35+,40+/m0/s1. The number of rotatable bonds is 3. The van der Waals surface area contributed by atoms with Gasteiger partial charge in [0.05, 0.1) is 23.1 Å². The van der Waals surface area contributed by atoms with E-state index in [9.17, 15) is 13.2 Å². The van der Waals surface area contributed by atoms with Crippen LogP contribution in [0.5, 0.6) is 5.75 Å². The number of fused-ring (bicyclic) bond motifs is 3. The molecular weight excluding hydrogens is 686 g/mol. The molecule has 1 aliphatic carbocycles. The van der Waals surface area contributed by atoms with Crippen LogP contribution in [0, 0.1) is 17.8 Å². The number of allylic oxidation sites excluding steroid dienone is 1. The number of nitrogens with one attached hydrogen (secondary N) is 1. The molecule has 0 aromatic heterocycles. The zero-order valence-corrected chi connectivity index (χ0v) is 31.9. The van der Waals surface area contributed by atoms with Gasteiger partial charge in [0.2, 0.25) is 10.0 Å². The third-order valence-electron chi connectivity index (χ3n) is 12.5. The Bertz CT molecular complexity index is 1720. The van der Waals surface area contributed by atoms with Crippen molar-refractivity contribution in [1.29, 1.82) is 0 Å². The van der Waals surface area contributed by atoms with Gasteiger partial charge in [0.25, 0.3) is 5.91 Å². The zero-order valence-electron chi connectivity index (χ0n) is 30.4. The molecule has 1 spiro atoms. The normalized spacial score (nSPS) is 31.8. The number of carbonyl (C=O) groups is 1. The fourth-order valence-electron chi connectivity index (χ4n) is 8.91. The molecule has 5 atom stereocenters. The summed E-state index contributed by atoms with van der Waals surface area (Å²) in [5.41, 5.74) is 2.81. The minimum atomic E-state index is -3.96. The number of halogens is 1. The van der Waals surface area contributed by atoms with Crippen LogP contribution in [-0.2, 0) is 32.5 Å². The molecule has 1 N–H and O–H groups in total. The summed E-state index contributed by atoms with van der Waals surface area (Å²) in [7, 11) is -3.96. The molecule has 9 nitrogen and oxygen atoms in total. The fourth-order valence-corrected chi connectivity index (χ4v) is 10.4. The molecule has 2 saturated heterocycles. The third kappa shape index (κ3) is 7.45. The number of hydrogen-bond donors (Lipinski definition) is 1. The smallest absolute Gasteiger partial charge is 0.264 e. The molecule has 1 saturated carbocycles. The van der Waals surface area contributed by atoms with Crippen molar-refractivity contribution in [3.05, 3.63) is 70.3 Å². The van der Waals surface area contributed by atoms with Crippen molar-refractivity contribution in [2.24, 2.45) is 17.8 Å². The van der Waals surface area contributed by atoms with Crippen molar-refractivity contribution in [1.82, 2.24) is 9.62 Å². The minimum absolute atomic E-state index is 0.0145. The van der Waals surface area contributed by atoms with Crippen LogP contribution >= 0.6 is 11.6 Å². The number of benzene rings is 2. The molecule has 7 rings (SSSR count). The molecule has 4 heterocycles. The minimum Gasteiger partial charge on any atom is -0.487 e. The van der Waals surface area contributed by atoms with E-state index in [0.29, 0.717) is 36.9 Å². The van der Waals surface area contributed by atoms with Gasteiger partial charge in [-0.15, -0.1) is 0 Å². The predicted octanol–water partition coefficient (Wildman–Crippen LogP) is 7.12. The van der Waals surface area contributed by atoms with E-state index in [2.05, 4.69) is 33.6 Å². The van der Waals surface area contributed by atoms with E-state index in [-0.39, 0.29) is 17.4 Å². The summed E-state index contributed by atoms with van der Waals surface area (Å²) >= 11 is 6.41. The van der Waals surface area contributed by atoms with Gasteiger partial charge in [-0.3, -0.25) is 9.69 Å². The lowest BCUT2D eigenvalue weighted by atomic mass is 9.66. The van der Waals surface area contributed by atoms with E-state index in [0.717, 1.165) is 100 Å². The molecule has 4 aliphatic heterocycles. The van der Waals surface area contributed by atoms with Gasteiger partial charge in [-0.2, -0.15) is 0 Å². The molecule has 0 unspecified atom stereocenters. The molecule has 0 radical (unpaired) electrons. The summed E-state index contributed by atoms with van der Waals surface area (Å²) in [5.74, 6) is 0.416. The lowest BCUT2D eigenvalue weighted by Gasteiger charge is -2.57. The summed E-state index contributed by atoms with van der Waals surface area (Å²) in [6.07, 6.45) is 13.0. The Kier molecular flexibility index (Phi) is 10.8. The van der Waals surface area contributed by atoms with Gasteiger partial charge in [-0.25, -0.2) is 13.1 Å². The Morgan fingerprint density at radius 3 is 2.53 bits per heavy atom. The Balaban J connectivity index is 1.28. The number of likely N-dealkylation sites (tertiary alicyclic amines) is 1. The van der Waals surface area contributed by atoms with Gasteiger partial charge < -0.3 is 19.1 Å². The number of amides is 1. The molecule has 5 aliphatic rings. The van der Waals surface area contributed by atoms with Crippen molar-refractivity contribution in [2.75, 3.05) is 44.3 Å². The van der Waals surface area contributed by atoms with Crippen LogP contribution in [-0.4, -0.2) is 75.2 Å². The van der Waals surface area contributed by atoms with Crippen molar-refractivity contribution >= 4 is 33.2 Å². The molecule has 2 bridgehead atoms. The number of nitrogens with zero attached hydrogens (tertiary/aromatic N) is 2. The van der Waals surface area contributed by atoms with Crippen molar-refractivity contribution in [2.45, 2.75) is 102 Å². The molecule has 11 heteroatoms. The first-order chi connectivity index (χ1) is 24.5. The number of piperidine rings is 1. The SMILES string of the molecule is CCO[C@]1(N2CCC3(CCO3)CC2)/C=C/C[C@H](C)[C@@H](C)S(=O)(=O)NC(=O)c2ccc3c(c2)N(CCCCc2cc(Cl)ccc2CO3)C[C@@H]2CC[C@H]21. The van der Waals surface area contributed by atoms with Gasteiger partial charge >= 0.3 is 0 Å². The van der Waals surface area contributed by atoms with Gasteiger partial charge in [0, 0.05) is 49.3 Å². The van der Waals surface area contributed by atoms with E-state index in [1.807, 2.05) is 37.3 Å². The first-order valence-corrected chi connectivity index (χ1v) is 21.0. The van der Waals surface area contributed by atoms with E-state index in [4.69, 9.17) is 25.8 Å². The second kappa shape index (κ2) is 15.0. The highest BCUT2D eigenvalue weighted by Crippen LogP contribution is 2.50. The van der Waals surface area contributed by atoms with Crippen LogP contribution in [0.2, 0.25) is 5.02 Å². The maximum absolute atomic E-state index is 13.6. The third-order valence-corrected chi connectivity index (χ3v) is 14.7. The lowest BCUT2D eigenvalue weighted by molar-refractivity contribution is -0.227. The highest BCUT2D eigenvalue weighted by Gasteiger charge is 2.53. The molecular formula is C40H54ClN3O6S. The highest BCUT2D eigenvalue weighted by atomic mass is 35.5. The molecule has 3 fully saturated rings. The van der Waals surface area contributed by atoms with E-state index in [1.54, 1.807) is 13.0 Å². The van der Waals surface area contributed by atoms with Crippen LogP contribution in [0.1, 0.15) is 93.6 Å². The largest absolute Gasteiger partial charge is 0.487 e. The monoisotopic (exact) mass is 739 g/mol.